The van der Waals surface area contributed by atoms with E-state index in [2.05, 4.69) is 10.6 Å². The molecule has 144 valence electrons. The molecule has 27 heavy (non-hydrogen) atoms. The van der Waals surface area contributed by atoms with Gasteiger partial charge >= 0.3 is 5.97 Å². The first-order valence-electron chi connectivity index (χ1n) is 8.43. The first-order chi connectivity index (χ1) is 13.0. The summed E-state index contributed by atoms with van der Waals surface area (Å²) in [5, 5.41) is 6.89. The van der Waals surface area contributed by atoms with Gasteiger partial charge in [0.15, 0.2) is 6.61 Å². The average molecular weight is 390 g/mol. The van der Waals surface area contributed by atoms with Crippen molar-refractivity contribution in [2.45, 2.75) is 19.9 Å². The molecule has 1 unspecified atom stereocenters. The molecular weight excluding hydrogens is 368 g/mol. The van der Waals surface area contributed by atoms with E-state index in [0.717, 1.165) is 11.3 Å². The van der Waals surface area contributed by atoms with Gasteiger partial charge in [-0.3, -0.25) is 9.59 Å². The molecule has 0 spiro atoms. The second-order valence-corrected chi connectivity index (χ2v) is 6.74. The van der Waals surface area contributed by atoms with Crippen molar-refractivity contribution in [2.75, 3.05) is 19.8 Å². The van der Waals surface area contributed by atoms with E-state index in [1.807, 2.05) is 31.2 Å². The fraction of sp³-hybridized carbons (Fsp3) is 0.316. The zero-order chi connectivity index (χ0) is 19.6. The lowest BCUT2D eigenvalue weighted by Gasteiger charge is -2.13. The van der Waals surface area contributed by atoms with E-state index in [0.29, 0.717) is 11.5 Å². The summed E-state index contributed by atoms with van der Waals surface area (Å²) < 4.78 is 10.4. The zero-order valence-electron chi connectivity index (χ0n) is 15.2. The quantitative estimate of drug-likeness (QED) is 0.504. The fourth-order valence-electron chi connectivity index (χ4n) is 2.11. The van der Waals surface area contributed by atoms with Crippen LogP contribution in [0, 0.1) is 6.92 Å². The molecule has 0 aliphatic rings. The number of aryl methyl sites for hydroxylation is 1. The van der Waals surface area contributed by atoms with Crippen LogP contribution in [-0.4, -0.2) is 43.6 Å². The Hall–Kier alpha value is -2.87. The third-order valence-electron chi connectivity index (χ3n) is 3.47. The molecule has 0 bridgehead atoms. The number of rotatable bonds is 9. The highest BCUT2D eigenvalue weighted by Crippen LogP contribution is 2.11. The van der Waals surface area contributed by atoms with Crippen LogP contribution in [0.1, 0.15) is 22.2 Å². The Labute approximate surface area is 161 Å². The molecule has 1 aromatic heterocycles. The Morgan fingerprint density at radius 3 is 2.70 bits per heavy atom. The summed E-state index contributed by atoms with van der Waals surface area (Å²) in [6.45, 7) is 3.64. The molecule has 2 N–H and O–H groups in total. The van der Waals surface area contributed by atoms with E-state index >= 15 is 0 Å². The molecule has 2 aromatic rings. The fourth-order valence-corrected chi connectivity index (χ4v) is 2.74. The van der Waals surface area contributed by atoms with E-state index in [9.17, 15) is 14.4 Å². The second kappa shape index (κ2) is 10.3. The van der Waals surface area contributed by atoms with Crippen LogP contribution in [0.4, 0.5) is 0 Å². The SMILES string of the molecule is Cc1cccc(OCCNC(=O)COC(=O)C(C)NC(=O)c2cccs2)c1. The summed E-state index contributed by atoms with van der Waals surface area (Å²) in [5.41, 5.74) is 1.09. The van der Waals surface area contributed by atoms with Crippen LogP contribution in [0.15, 0.2) is 41.8 Å². The van der Waals surface area contributed by atoms with Gasteiger partial charge in [-0.1, -0.05) is 18.2 Å². The van der Waals surface area contributed by atoms with Crippen molar-refractivity contribution in [3.8, 4) is 5.75 Å². The predicted octanol–water partition coefficient (Wildman–Crippen LogP) is 1.91. The van der Waals surface area contributed by atoms with E-state index < -0.39 is 24.5 Å². The van der Waals surface area contributed by atoms with Crippen molar-refractivity contribution in [2.24, 2.45) is 0 Å². The minimum atomic E-state index is -0.850. The average Bonchev–Trinajstić information content (AvgIpc) is 3.18. The number of esters is 1. The number of ether oxygens (including phenoxy) is 2. The van der Waals surface area contributed by atoms with Crippen molar-refractivity contribution in [1.29, 1.82) is 0 Å². The lowest BCUT2D eigenvalue weighted by molar-refractivity contribution is -0.150. The summed E-state index contributed by atoms with van der Waals surface area (Å²) >= 11 is 1.27. The molecule has 0 radical (unpaired) electrons. The van der Waals surface area contributed by atoms with Gasteiger partial charge in [-0.15, -0.1) is 11.3 Å². The number of thiophene rings is 1. The Balaban J connectivity index is 1.61. The lowest BCUT2D eigenvalue weighted by atomic mass is 10.2. The predicted molar refractivity (Wildman–Crippen MR) is 102 cm³/mol. The maximum atomic E-state index is 11.9. The minimum Gasteiger partial charge on any atom is -0.492 e. The van der Waals surface area contributed by atoms with Crippen molar-refractivity contribution in [3.63, 3.8) is 0 Å². The van der Waals surface area contributed by atoms with Crippen LogP contribution >= 0.6 is 11.3 Å². The second-order valence-electron chi connectivity index (χ2n) is 5.80. The van der Waals surface area contributed by atoms with Crippen LogP contribution in [0.2, 0.25) is 0 Å². The third kappa shape index (κ3) is 7.10. The van der Waals surface area contributed by atoms with Gasteiger partial charge in [0.1, 0.15) is 18.4 Å². The molecule has 2 rings (SSSR count). The number of nitrogens with one attached hydrogen (secondary N) is 2. The molecule has 1 atom stereocenters. The molecule has 2 amide bonds. The summed E-state index contributed by atoms with van der Waals surface area (Å²) in [4.78, 5) is 35.9. The van der Waals surface area contributed by atoms with Gasteiger partial charge in [-0.25, -0.2) is 4.79 Å². The number of carbonyl (C=O) groups excluding carboxylic acids is 3. The smallest absolute Gasteiger partial charge is 0.328 e. The Bertz CT molecular complexity index is 776. The molecule has 0 saturated carbocycles. The van der Waals surface area contributed by atoms with Crippen molar-refractivity contribution in [3.05, 3.63) is 52.2 Å². The Morgan fingerprint density at radius 1 is 1.19 bits per heavy atom. The van der Waals surface area contributed by atoms with Gasteiger partial charge < -0.3 is 20.1 Å². The number of hydrogen-bond acceptors (Lipinski definition) is 6. The highest BCUT2D eigenvalue weighted by atomic mass is 32.1. The summed E-state index contributed by atoms with van der Waals surface area (Å²) in [6, 6.07) is 10.1. The monoisotopic (exact) mass is 390 g/mol. The van der Waals surface area contributed by atoms with Crippen molar-refractivity contribution < 1.29 is 23.9 Å². The first-order valence-corrected chi connectivity index (χ1v) is 9.31. The molecule has 0 aliphatic carbocycles. The molecule has 8 heteroatoms. The third-order valence-corrected chi connectivity index (χ3v) is 4.34. The van der Waals surface area contributed by atoms with E-state index in [1.165, 1.54) is 18.3 Å². The zero-order valence-corrected chi connectivity index (χ0v) is 16.0. The minimum absolute atomic E-state index is 0.287. The Morgan fingerprint density at radius 2 is 2.00 bits per heavy atom. The van der Waals surface area contributed by atoms with Crippen molar-refractivity contribution in [1.82, 2.24) is 10.6 Å². The van der Waals surface area contributed by atoms with Gasteiger partial charge in [-0.05, 0) is 43.0 Å². The number of amides is 2. The van der Waals surface area contributed by atoms with Gasteiger partial charge in [0.25, 0.3) is 11.8 Å². The Kier molecular flexibility index (Phi) is 7.81. The topological polar surface area (TPSA) is 93.7 Å². The number of carbonyl (C=O) groups is 3. The molecule has 0 saturated heterocycles. The van der Waals surface area contributed by atoms with E-state index in [4.69, 9.17) is 9.47 Å². The molecule has 1 heterocycles. The van der Waals surface area contributed by atoms with Crippen LogP contribution < -0.4 is 15.4 Å². The molecular formula is C19H22N2O5S. The van der Waals surface area contributed by atoms with Crippen LogP contribution in [0.25, 0.3) is 0 Å². The molecule has 0 aliphatic heterocycles. The van der Waals surface area contributed by atoms with Crippen LogP contribution in [0.5, 0.6) is 5.75 Å². The lowest BCUT2D eigenvalue weighted by Crippen LogP contribution is -2.41. The highest BCUT2D eigenvalue weighted by molar-refractivity contribution is 7.12. The molecule has 7 nitrogen and oxygen atoms in total. The van der Waals surface area contributed by atoms with Gasteiger partial charge in [0.05, 0.1) is 11.4 Å². The standard InChI is InChI=1S/C19H22N2O5S/c1-13-5-3-6-15(11-13)25-9-8-20-17(22)12-26-19(24)14(2)21-18(23)16-7-4-10-27-16/h3-7,10-11,14H,8-9,12H2,1-2H3,(H,20,22)(H,21,23). The first kappa shape index (κ1) is 20.4. The number of benzene rings is 1. The van der Waals surface area contributed by atoms with Gasteiger partial charge in [0, 0.05) is 0 Å². The summed E-state index contributed by atoms with van der Waals surface area (Å²) in [7, 11) is 0. The normalized spacial score (nSPS) is 11.3. The largest absolute Gasteiger partial charge is 0.492 e. The van der Waals surface area contributed by atoms with Crippen molar-refractivity contribution >= 4 is 29.1 Å². The van der Waals surface area contributed by atoms with Gasteiger partial charge in [-0.2, -0.15) is 0 Å². The highest BCUT2D eigenvalue weighted by Gasteiger charge is 2.19. The van der Waals surface area contributed by atoms with Gasteiger partial charge in [0.2, 0.25) is 0 Å². The number of hydrogen-bond donors (Lipinski definition) is 2. The van der Waals surface area contributed by atoms with E-state index in [-0.39, 0.29) is 12.5 Å². The van der Waals surface area contributed by atoms with Crippen LogP contribution in [0.3, 0.4) is 0 Å². The molecule has 0 fully saturated rings. The summed E-state index contributed by atoms with van der Waals surface area (Å²) in [6.07, 6.45) is 0. The van der Waals surface area contributed by atoms with E-state index in [1.54, 1.807) is 17.5 Å². The molecule has 1 aromatic carbocycles. The van der Waals surface area contributed by atoms with Crippen LogP contribution in [-0.2, 0) is 14.3 Å². The maximum absolute atomic E-state index is 11.9. The summed E-state index contributed by atoms with van der Waals surface area (Å²) in [5.74, 6) is -0.739. The maximum Gasteiger partial charge on any atom is 0.328 e.